The monoisotopic (exact) mass is 308 g/mol. The molecule has 1 amide bonds. The van der Waals surface area contributed by atoms with Crippen LogP contribution in [0.2, 0.25) is 0 Å². The van der Waals surface area contributed by atoms with E-state index in [1.54, 1.807) is 0 Å². The van der Waals surface area contributed by atoms with E-state index in [2.05, 4.69) is 60.8 Å². The maximum absolute atomic E-state index is 12.6. The van der Waals surface area contributed by atoms with Crippen LogP contribution in [0.1, 0.15) is 18.9 Å². The topological polar surface area (TPSA) is 32.3 Å². The van der Waals surface area contributed by atoms with Gasteiger partial charge < -0.3 is 10.2 Å². The second-order valence-corrected chi connectivity index (χ2v) is 6.06. The first-order chi connectivity index (χ1) is 11.3. The number of piperazine rings is 1. The van der Waals surface area contributed by atoms with Gasteiger partial charge in [0.05, 0.1) is 6.04 Å². The number of amides is 1. The first-order valence-electron chi connectivity index (χ1n) is 8.45. The highest BCUT2D eigenvalue weighted by atomic mass is 16.2. The SMILES string of the molecule is CCCN1CCNC(Cc2ccccc2-c2ccccc2)C1=O. The van der Waals surface area contributed by atoms with Crippen molar-refractivity contribution < 1.29 is 4.79 Å². The highest BCUT2D eigenvalue weighted by molar-refractivity contribution is 5.83. The summed E-state index contributed by atoms with van der Waals surface area (Å²) in [6, 6.07) is 18.7. The largest absolute Gasteiger partial charge is 0.340 e. The number of hydrogen-bond donors (Lipinski definition) is 1. The van der Waals surface area contributed by atoms with Crippen LogP contribution in [0.15, 0.2) is 54.6 Å². The molecule has 120 valence electrons. The van der Waals surface area contributed by atoms with Gasteiger partial charge >= 0.3 is 0 Å². The van der Waals surface area contributed by atoms with Gasteiger partial charge in [0, 0.05) is 19.6 Å². The van der Waals surface area contributed by atoms with Crippen molar-refractivity contribution in [1.29, 1.82) is 0 Å². The van der Waals surface area contributed by atoms with E-state index in [0.717, 1.165) is 32.5 Å². The average molecular weight is 308 g/mol. The van der Waals surface area contributed by atoms with Gasteiger partial charge in [-0.15, -0.1) is 0 Å². The second-order valence-electron chi connectivity index (χ2n) is 6.06. The summed E-state index contributed by atoms with van der Waals surface area (Å²) in [5.41, 5.74) is 3.65. The lowest BCUT2D eigenvalue weighted by molar-refractivity contribution is -0.135. The molecule has 3 rings (SSSR count). The Hall–Kier alpha value is -2.13. The Kier molecular flexibility index (Phi) is 5.09. The lowest BCUT2D eigenvalue weighted by atomic mass is 9.94. The summed E-state index contributed by atoms with van der Waals surface area (Å²) in [5, 5.41) is 3.39. The molecule has 1 saturated heterocycles. The molecule has 1 heterocycles. The fourth-order valence-corrected chi connectivity index (χ4v) is 3.26. The number of carbonyl (C=O) groups excluding carboxylic acids is 1. The zero-order valence-corrected chi connectivity index (χ0v) is 13.7. The maximum atomic E-state index is 12.6. The van der Waals surface area contributed by atoms with Crippen molar-refractivity contribution in [2.45, 2.75) is 25.8 Å². The van der Waals surface area contributed by atoms with Crippen molar-refractivity contribution in [3.63, 3.8) is 0 Å². The quantitative estimate of drug-likeness (QED) is 0.920. The van der Waals surface area contributed by atoms with E-state index in [-0.39, 0.29) is 11.9 Å². The Morgan fingerprint density at radius 3 is 2.61 bits per heavy atom. The third-order valence-corrected chi connectivity index (χ3v) is 4.40. The zero-order chi connectivity index (χ0) is 16.1. The number of carbonyl (C=O) groups is 1. The second kappa shape index (κ2) is 7.42. The summed E-state index contributed by atoms with van der Waals surface area (Å²) in [5.74, 6) is 0.237. The zero-order valence-electron chi connectivity index (χ0n) is 13.7. The number of rotatable bonds is 5. The van der Waals surface area contributed by atoms with E-state index in [0.29, 0.717) is 0 Å². The predicted octanol–water partition coefficient (Wildman–Crippen LogP) is 3.11. The van der Waals surface area contributed by atoms with Crippen molar-refractivity contribution in [1.82, 2.24) is 10.2 Å². The van der Waals surface area contributed by atoms with Gasteiger partial charge in [0.25, 0.3) is 0 Å². The van der Waals surface area contributed by atoms with Gasteiger partial charge in [-0.1, -0.05) is 61.5 Å². The van der Waals surface area contributed by atoms with Crippen LogP contribution < -0.4 is 5.32 Å². The van der Waals surface area contributed by atoms with Crippen LogP contribution in [-0.2, 0) is 11.2 Å². The highest BCUT2D eigenvalue weighted by Gasteiger charge is 2.28. The minimum Gasteiger partial charge on any atom is -0.340 e. The van der Waals surface area contributed by atoms with Gasteiger partial charge in [-0.2, -0.15) is 0 Å². The molecule has 0 radical (unpaired) electrons. The Bertz CT molecular complexity index is 652. The van der Waals surface area contributed by atoms with Crippen LogP contribution in [0, 0.1) is 0 Å². The number of nitrogens with one attached hydrogen (secondary N) is 1. The highest BCUT2D eigenvalue weighted by Crippen LogP contribution is 2.25. The van der Waals surface area contributed by atoms with Gasteiger partial charge in [0.1, 0.15) is 0 Å². The summed E-state index contributed by atoms with van der Waals surface area (Å²) in [6.07, 6.45) is 1.75. The Morgan fingerprint density at radius 1 is 1.09 bits per heavy atom. The molecule has 1 aliphatic rings. The first kappa shape index (κ1) is 15.8. The van der Waals surface area contributed by atoms with Crippen molar-refractivity contribution in [3.8, 4) is 11.1 Å². The van der Waals surface area contributed by atoms with Gasteiger partial charge in [-0.3, -0.25) is 4.79 Å². The predicted molar refractivity (Wildman–Crippen MR) is 94.2 cm³/mol. The van der Waals surface area contributed by atoms with Crippen LogP contribution in [-0.4, -0.2) is 36.5 Å². The fraction of sp³-hybridized carbons (Fsp3) is 0.350. The summed E-state index contributed by atoms with van der Waals surface area (Å²) in [7, 11) is 0. The summed E-state index contributed by atoms with van der Waals surface area (Å²) in [4.78, 5) is 14.6. The van der Waals surface area contributed by atoms with Crippen molar-refractivity contribution in [3.05, 3.63) is 60.2 Å². The minimum absolute atomic E-state index is 0.111. The Morgan fingerprint density at radius 2 is 1.83 bits per heavy atom. The van der Waals surface area contributed by atoms with Gasteiger partial charge in [-0.25, -0.2) is 0 Å². The van der Waals surface area contributed by atoms with Gasteiger partial charge in [0.15, 0.2) is 0 Å². The van der Waals surface area contributed by atoms with Crippen LogP contribution in [0.4, 0.5) is 0 Å². The molecule has 3 nitrogen and oxygen atoms in total. The number of benzene rings is 2. The number of hydrogen-bond acceptors (Lipinski definition) is 2. The molecule has 0 saturated carbocycles. The standard InChI is InChI=1S/C20H24N2O/c1-2-13-22-14-12-21-19(20(22)23)15-17-10-6-7-11-18(17)16-8-4-3-5-9-16/h3-11,19,21H,2,12-15H2,1H3. The lowest BCUT2D eigenvalue weighted by Gasteiger charge is -2.33. The fourth-order valence-electron chi connectivity index (χ4n) is 3.26. The van der Waals surface area contributed by atoms with Gasteiger partial charge in [-0.05, 0) is 29.5 Å². The van der Waals surface area contributed by atoms with E-state index >= 15 is 0 Å². The third kappa shape index (κ3) is 3.62. The normalized spacial score (nSPS) is 18.2. The molecule has 0 aliphatic carbocycles. The molecule has 1 unspecified atom stereocenters. The molecule has 0 spiro atoms. The molecule has 1 aliphatic heterocycles. The van der Waals surface area contributed by atoms with Crippen LogP contribution >= 0.6 is 0 Å². The smallest absolute Gasteiger partial charge is 0.240 e. The van der Waals surface area contributed by atoms with E-state index < -0.39 is 0 Å². The van der Waals surface area contributed by atoms with Crippen LogP contribution in [0.3, 0.4) is 0 Å². The van der Waals surface area contributed by atoms with E-state index in [4.69, 9.17) is 0 Å². The molecule has 1 atom stereocenters. The van der Waals surface area contributed by atoms with Gasteiger partial charge in [0.2, 0.25) is 5.91 Å². The maximum Gasteiger partial charge on any atom is 0.240 e. The minimum atomic E-state index is -0.111. The van der Waals surface area contributed by atoms with Crippen molar-refractivity contribution in [2.75, 3.05) is 19.6 Å². The van der Waals surface area contributed by atoms with Crippen LogP contribution in [0.5, 0.6) is 0 Å². The van der Waals surface area contributed by atoms with Crippen molar-refractivity contribution in [2.24, 2.45) is 0 Å². The molecular weight excluding hydrogens is 284 g/mol. The summed E-state index contributed by atoms with van der Waals surface area (Å²) < 4.78 is 0. The molecule has 23 heavy (non-hydrogen) atoms. The first-order valence-corrected chi connectivity index (χ1v) is 8.45. The van der Waals surface area contributed by atoms with E-state index in [9.17, 15) is 4.79 Å². The third-order valence-electron chi connectivity index (χ3n) is 4.40. The summed E-state index contributed by atoms with van der Waals surface area (Å²) >= 11 is 0. The lowest BCUT2D eigenvalue weighted by Crippen LogP contribution is -2.55. The Balaban J connectivity index is 1.82. The molecule has 0 aromatic heterocycles. The molecule has 1 fully saturated rings. The molecule has 2 aromatic carbocycles. The summed E-state index contributed by atoms with van der Waals surface area (Å²) in [6.45, 7) is 4.68. The average Bonchev–Trinajstić information content (AvgIpc) is 2.60. The molecular formula is C20H24N2O. The molecule has 3 heteroatoms. The Labute approximate surface area is 138 Å². The van der Waals surface area contributed by atoms with E-state index in [1.165, 1.54) is 16.7 Å². The molecule has 0 bridgehead atoms. The number of nitrogens with zero attached hydrogens (tertiary/aromatic N) is 1. The molecule has 2 aromatic rings. The van der Waals surface area contributed by atoms with Crippen LogP contribution in [0.25, 0.3) is 11.1 Å². The van der Waals surface area contributed by atoms with Crippen molar-refractivity contribution >= 4 is 5.91 Å². The van der Waals surface area contributed by atoms with E-state index in [1.807, 2.05) is 11.0 Å². The molecule has 1 N–H and O–H groups in total.